The molecule has 0 radical (unpaired) electrons. The van der Waals surface area contributed by atoms with Crippen molar-refractivity contribution in [1.82, 2.24) is 0 Å². The smallest absolute Gasteiger partial charge is 0.126 e. The van der Waals surface area contributed by atoms with Crippen molar-refractivity contribution in [2.45, 2.75) is 26.3 Å². The van der Waals surface area contributed by atoms with Gasteiger partial charge in [-0.15, -0.1) is 0 Å². The summed E-state index contributed by atoms with van der Waals surface area (Å²) in [7, 11) is 3.21. The number of rotatable bonds is 3. The van der Waals surface area contributed by atoms with Gasteiger partial charge in [0.25, 0.3) is 0 Å². The standard InChI is InChI=1S/C13H20N2O2/c1-13(2,3)15-12(14)9-6-10(16-4)8-11(7-9)17-5/h6-8H,1-5H3,(H2,14,15). The van der Waals surface area contributed by atoms with Crippen LogP contribution >= 0.6 is 0 Å². The lowest BCUT2D eigenvalue weighted by Crippen LogP contribution is -2.21. The summed E-state index contributed by atoms with van der Waals surface area (Å²) >= 11 is 0. The molecule has 0 aliphatic rings. The fraction of sp³-hybridized carbons (Fsp3) is 0.462. The maximum atomic E-state index is 5.97. The van der Waals surface area contributed by atoms with Gasteiger partial charge in [-0.1, -0.05) is 0 Å². The predicted molar refractivity (Wildman–Crippen MR) is 70.0 cm³/mol. The molecule has 17 heavy (non-hydrogen) atoms. The van der Waals surface area contributed by atoms with Crippen LogP contribution in [0.5, 0.6) is 11.5 Å². The van der Waals surface area contributed by atoms with Crippen LogP contribution < -0.4 is 15.2 Å². The van der Waals surface area contributed by atoms with Crippen LogP contribution in [-0.2, 0) is 0 Å². The number of nitrogens with zero attached hydrogens (tertiary/aromatic N) is 1. The highest BCUT2D eigenvalue weighted by atomic mass is 16.5. The molecule has 4 heteroatoms. The van der Waals surface area contributed by atoms with Crippen molar-refractivity contribution >= 4 is 5.84 Å². The lowest BCUT2D eigenvalue weighted by molar-refractivity contribution is 0.394. The molecule has 4 nitrogen and oxygen atoms in total. The Morgan fingerprint density at radius 1 is 1.06 bits per heavy atom. The van der Waals surface area contributed by atoms with Gasteiger partial charge < -0.3 is 15.2 Å². The van der Waals surface area contributed by atoms with Gasteiger partial charge in [-0.3, -0.25) is 4.99 Å². The minimum Gasteiger partial charge on any atom is -0.497 e. The van der Waals surface area contributed by atoms with E-state index in [2.05, 4.69) is 4.99 Å². The topological polar surface area (TPSA) is 56.8 Å². The molecule has 0 fully saturated rings. The Balaban J connectivity index is 3.17. The first kappa shape index (κ1) is 13.4. The molecule has 0 amide bonds. The van der Waals surface area contributed by atoms with E-state index in [1.54, 1.807) is 20.3 Å². The van der Waals surface area contributed by atoms with Crippen LogP contribution in [0.4, 0.5) is 0 Å². The third-order valence-electron chi connectivity index (χ3n) is 2.10. The van der Waals surface area contributed by atoms with Crippen LogP contribution in [0.2, 0.25) is 0 Å². The SMILES string of the molecule is COc1cc(OC)cc(C(N)=NC(C)(C)C)c1. The Morgan fingerprint density at radius 3 is 1.88 bits per heavy atom. The highest BCUT2D eigenvalue weighted by molar-refractivity contribution is 5.98. The van der Waals surface area contributed by atoms with E-state index >= 15 is 0 Å². The van der Waals surface area contributed by atoms with Gasteiger partial charge in [0.15, 0.2) is 0 Å². The summed E-state index contributed by atoms with van der Waals surface area (Å²) < 4.78 is 10.4. The van der Waals surface area contributed by atoms with Gasteiger partial charge in [0, 0.05) is 11.6 Å². The van der Waals surface area contributed by atoms with E-state index in [4.69, 9.17) is 15.2 Å². The molecular weight excluding hydrogens is 216 g/mol. The predicted octanol–water partition coefficient (Wildman–Crippen LogP) is 2.21. The van der Waals surface area contributed by atoms with Gasteiger partial charge in [0.2, 0.25) is 0 Å². The molecule has 1 aromatic rings. The van der Waals surface area contributed by atoms with Gasteiger partial charge in [0.05, 0.1) is 19.8 Å². The molecule has 0 spiro atoms. The summed E-state index contributed by atoms with van der Waals surface area (Å²) in [5.41, 5.74) is 6.56. The molecule has 0 aromatic heterocycles. The van der Waals surface area contributed by atoms with Crippen molar-refractivity contribution in [2.75, 3.05) is 14.2 Å². The fourth-order valence-corrected chi connectivity index (χ4v) is 1.38. The van der Waals surface area contributed by atoms with Gasteiger partial charge in [-0.2, -0.15) is 0 Å². The normalized spacial score (nSPS) is 12.4. The highest BCUT2D eigenvalue weighted by Crippen LogP contribution is 2.22. The van der Waals surface area contributed by atoms with E-state index < -0.39 is 0 Å². The monoisotopic (exact) mass is 236 g/mol. The first-order chi connectivity index (χ1) is 7.85. The minimum atomic E-state index is -0.208. The molecular formula is C13H20N2O2. The van der Waals surface area contributed by atoms with Crippen LogP contribution in [0.15, 0.2) is 23.2 Å². The number of aliphatic imine (C=N–C) groups is 1. The van der Waals surface area contributed by atoms with Crippen LogP contribution in [0.1, 0.15) is 26.3 Å². The number of hydrogen-bond donors (Lipinski definition) is 1. The molecule has 2 N–H and O–H groups in total. The van der Waals surface area contributed by atoms with Crippen molar-refractivity contribution in [2.24, 2.45) is 10.7 Å². The number of methoxy groups -OCH3 is 2. The summed E-state index contributed by atoms with van der Waals surface area (Å²) in [4.78, 5) is 4.41. The second-order valence-corrected chi connectivity index (χ2v) is 4.77. The molecule has 1 rings (SSSR count). The van der Waals surface area contributed by atoms with Crippen molar-refractivity contribution in [3.8, 4) is 11.5 Å². The van der Waals surface area contributed by atoms with E-state index in [0.717, 1.165) is 5.56 Å². The summed E-state index contributed by atoms with van der Waals surface area (Å²) in [5.74, 6) is 1.88. The Kier molecular flexibility index (Phi) is 3.99. The van der Waals surface area contributed by atoms with E-state index in [0.29, 0.717) is 17.3 Å². The largest absolute Gasteiger partial charge is 0.497 e. The summed E-state index contributed by atoms with van der Waals surface area (Å²) in [6, 6.07) is 5.48. The van der Waals surface area contributed by atoms with E-state index in [-0.39, 0.29) is 5.54 Å². The van der Waals surface area contributed by atoms with Crippen molar-refractivity contribution in [1.29, 1.82) is 0 Å². The molecule has 0 saturated carbocycles. The zero-order valence-electron chi connectivity index (χ0n) is 11.1. The lowest BCUT2D eigenvalue weighted by Gasteiger charge is -2.14. The minimum absolute atomic E-state index is 0.208. The lowest BCUT2D eigenvalue weighted by atomic mass is 10.1. The average Bonchev–Trinajstić information content (AvgIpc) is 2.26. The Hall–Kier alpha value is -1.71. The quantitative estimate of drug-likeness (QED) is 0.646. The first-order valence-electron chi connectivity index (χ1n) is 5.44. The molecule has 0 bridgehead atoms. The maximum absolute atomic E-state index is 5.97. The van der Waals surface area contributed by atoms with Crippen LogP contribution in [0.3, 0.4) is 0 Å². The molecule has 0 aliphatic heterocycles. The third-order valence-corrected chi connectivity index (χ3v) is 2.10. The molecule has 0 atom stereocenters. The molecule has 1 aromatic carbocycles. The zero-order chi connectivity index (χ0) is 13.1. The molecule has 0 aliphatic carbocycles. The van der Waals surface area contributed by atoms with Crippen LogP contribution in [-0.4, -0.2) is 25.6 Å². The van der Waals surface area contributed by atoms with E-state index in [1.807, 2.05) is 32.9 Å². The zero-order valence-corrected chi connectivity index (χ0v) is 11.1. The van der Waals surface area contributed by atoms with Crippen molar-refractivity contribution < 1.29 is 9.47 Å². The number of ether oxygens (including phenoxy) is 2. The summed E-state index contributed by atoms with van der Waals surface area (Å²) in [6.07, 6.45) is 0. The number of amidine groups is 1. The molecule has 0 unspecified atom stereocenters. The summed E-state index contributed by atoms with van der Waals surface area (Å²) in [5, 5.41) is 0. The van der Waals surface area contributed by atoms with E-state index in [1.165, 1.54) is 0 Å². The van der Waals surface area contributed by atoms with E-state index in [9.17, 15) is 0 Å². The maximum Gasteiger partial charge on any atom is 0.126 e. The van der Waals surface area contributed by atoms with Crippen LogP contribution in [0, 0.1) is 0 Å². The second kappa shape index (κ2) is 5.08. The van der Waals surface area contributed by atoms with Crippen LogP contribution in [0.25, 0.3) is 0 Å². The second-order valence-electron chi connectivity index (χ2n) is 4.77. The average molecular weight is 236 g/mol. The van der Waals surface area contributed by atoms with Gasteiger partial charge in [0.1, 0.15) is 17.3 Å². The number of benzene rings is 1. The molecule has 94 valence electrons. The Bertz CT molecular complexity index is 398. The van der Waals surface area contributed by atoms with Gasteiger partial charge in [-0.25, -0.2) is 0 Å². The first-order valence-corrected chi connectivity index (χ1v) is 5.44. The van der Waals surface area contributed by atoms with Crippen molar-refractivity contribution in [3.05, 3.63) is 23.8 Å². The molecule has 0 heterocycles. The molecule has 0 saturated heterocycles. The third kappa shape index (κ3) is 3.98. The van der Waals surface area contributed by atoms with Gasteiger partial charge >= 0.3 is 0 Å². The number of nitrogens with two attached hydrogens (primary N) is 1. The highest BCUT2D eigenvalue weighted by Gasteiger charge is 2.11. The van der Waals surface area contributed by atoms with Crippen molar-refractivity contribution in [3.63, 3.8) is 0 Å². The van der Waals surface area contributed by atoms with Gasteiger partial charge in [-0.05, 0) is 32.9 Å². The Morgan fingerprint density at radius 2 is 1.53 bits per heavy atom. The summed E-state index contributed by atoms with van der Waals surface area (Å²) in [6.45, 7) is 5.99. The Labute approximate surface area is 102 Å². The number of hydrogen-bond acceptors (Lipinski definition) is 3. The fourth-order valence-electron chi connectivity index (χ4n) is 1.38.